The van der Waals surface area contributed by atoms with E-state index in [0.29, 0.717) is 31.8 Å². The number of benzene rings is 1. The van der Waals surface area contributed by atoms with E-state index in [1.54, 1.807) is 0 Å². The van der Waals surface area contributed by atoms with Crippen LogP contribution in [0, 0.1) is 17.0 Å². The van der Waals surface area contributed by atoms with Crippen LogP contribution < -0.4 is 11.0 Å². The van der Waals surface area contributed by atoms with Crippen LogP contribution in [0.5, 0.6) is 0 Å². The van der Waals surface area contributed by atoms with Crippen molar-refractivity contribution in [2.75, 3.05) is 31.8 Å². The van der Waals surface area contributed by atoms with Gasteiger partial charge in [0.05, 0.1) is 34.7 Å². The van der Waals surface area contributed by atoms with Gasteiger partial charge in [-0.15, -0.1) is 0 Å². The molecule has 2 heterocycles. The largest absolute Gasteiger partial charge is 0.477 e. The Morgan fingerprint density at radius 2 is 2.04 bits per heavy atom. The van der Waals surface area contributed by atoms with Crippen molar-refractivity contribution in [3.8, 4) is 0 Å². The Kier molecular flexibility index (Phi) is 4.38. The summed E-state index contributed by atoms with van der Waals surface area (Å²) < 4.78 is 6.74. The SMILES string of the molecule is Cc1c(C(=O)O)c(=O)c2cc([N+](=O)[O-])ccc2n1NN1CCOCC1. The molecule has 0 unspecified atom stereocenters. The molecule has 1 fully saturated rings. The topological polar surface area (TPSA) is 127 Å². The first-order valence-electron chi connectivity index (χ1n) is 7.56. The van der Waals surface area contributed by atoms with Crippen molar-refractivity contribution < 1.29 is 19.6 Å². The van der Waals surface area contributed by atoms with Crippen LogP contribution in [0.15, 0.2) is 23.0 Å². The standard InChI is InChI=1S/C15H16N4O6/c1-9-13(15(21)22)14(20)11-8-10(19(23)24)2-3-12(11)18(9)16-17-4-6-25-7-5-17/h2-3,8,16H,4-7H2,1H3,(H,21,22). The number of rotatable bonds is 4. The van der Waals surface area contributed by atoms with Gasteiger partial charge in [0.1, 0.15) is 5.56 Å². The maximum absolute atomic E-state index is 12.5. The van der Waals surface area contributed by atoms with Crippen LogP contribution in [0.4, 0.5) is 5.69 Å². The second-order valence-corrected chi connectivity index (χ2v) is 5.59. The number of pyridine rings is 1. The lowest BCUT2D eigenvalue weighted by atomic mass is 10.1. The Labute approximate surface area is 141 Å². The molecule has 25 heavy (non-hydrogen) atoms. The van der Waals surface area contributed by atoms with Gasteiger partial charge in [-0.2, -0.15) is 0 Å². The van der Waals surface area contributed by atoms with Gasteiger partial charge in [0.2, 0.25) is 5.43 Å². The number of nitrogens with one attached hydrogen (secondary N) is 1. The average molecular weight is 348 g/mol. The summed E-state index contributed by atoms with van der Waals surface area (Å²) in [6.07, 6.45) is 0. The van der Waals surface area contributed by atoms with E-state index in [-0.39, 0.29) is 16.8 Å². The summed E-state index contributed by atoms with van der Waals surface area (Å²) in [6.45, 7) is 3.69. The predicted octanol–water partition coefficient (Wildman–Crippen LogP) is 0.707. The molecular formula is C15H16N4O6. The number of hydrogen-bond acceptors (Lipinski definition) is 7. The number of morpholine rings is 1. The van der Waals surface area contributed by atoms with E-state index < -0.39 is 21.9 Å². The summed E-state index contributed by atoms with van der Waals surface area (Å²) in [5.74, 6) is -1.38. The van der Waals surface area contributed by atoms with Gasteiger partial charge in [0, 0.05) is 25.2 Å². The molecule has 1 saturated heterocycles. The smallest absolute Gasteiger partial charge is 0.341 e. The number of ether oxygens (including phenoxy) is 1. The van der Waals surface area contributed by atoms with E-state index in [0.717, 1.165) is 6.07 Å². The molecule has 0 radical (unpaired) electrons. The van der Waals surface area contributed by atoms with Crippen molar-refractivity contribution >= 4 is 22.6 Å². The number of aromatic carboxylic acids is 1. The Morgan fingerprint density at radius 3 is 2.64 bits per heavy atom. The monoisotopic (exact) mass is 348 g/mol. The van der Waals surface area contributed by atoms with E-state index in [1.807, 2.05) is 5.01 Å². The van der Waals surface area contributed by atoms with Gasteiger partial charge in [-0.05, 0) is 13.0 Å². The normalized spacial score (nSPS) is 15.2. The summed E-state index contributed by atoms with van der Waals surface area (Å²) in [7, 11) is 0. The number of carboxylic acid groups (broad SMARTS) is 1. The lowest BCUT2D eigenvalue weighted by Crippen LogP contribution is -2.45. The molecule has 10 nitrogen and oxygen atoms in total. The maximum Gasteiger partial charge on any atom is 0.341 e. The Bertz CT molecular complexity index is 916. The second-order valence-electron chi connectivity index (χ2n) is 5.59. The summed E-state index contributed by atoms with van der Waals surface area (Å²) in [5, 5.41) is 22.2. The number of nitro groups is 1. The van der Waals surface area contributed by atoms with E-state index >= 15 is 0 Å². The van der Waals surface area contributed by atoms with Crippen molar-refractivity contribution in [1.29, 1.82) is 0 Å². The molecule has 3 rings (SSSR count). The van der Waals surface area contributed by atoms with Crippen LogP contribution in [-0.4, -0.2) is 52.0 Å². The van der Waals surface area contributed by atoms with Crippen LogP contribution >= 0.6 is 0 Å². The summed E-state index contributed by atoms with van der Waals surface area (Å²) in [4.78, 5) is 34.4. The molecular weight excluding hydrogens is 332 g/mol. The van der Waals surface area contributed by atoms with Crippen LogP contribution in [0.3, 0.4) is 0 Å². The molecule has 0 atom stereocenters. The molecule has 0 aliphatic carbocycles. The Balaban J connectivity index is 2.24. The summed E-state index contributed by atoms with van der Waals surface area (Å²) in [6, 6.07) is 3.81. The predicted molar refractivity (Wildman–Crippen MR) is 88.3 cm³/mol. The molecule has 10 heteroatoms. The number of hydrogen-bond donors (Lipinski definition) is 2. The van der Waals surface area contributed by atoms with Crippen molar-refractivity contribution in [3.05, 3.63) is 49.8 Å². The molecule has 2 N–H and O–H groups in total. The lowest BCUT2D eigenvalue weighted by Gasteiger charge is -2.30. The summed E-state index contributed by atoms with van der Waals surface area (Å²) >= 11 is 0. The number of fused-ring (bicyclic) bond motifs is 1. The van der Waals surface area contributed by atoms with Gasteiger partial charge >= 0.3 is 5.97 Å². The Hall–Kier alpha value is -2.98. The van der Waals surface area contributed by atoms with E-state index in [1.165, 1.54) is 23.7 Å². The van der Waals surface area contributed by atoms with Crippen LogP contribution in [-0.2, 0) is 4.74 Å². The van der Waals surface area contributed by atoms with Gasteiger partial charge in [-0.1, -0.05) is 0 Å². The highest BCUT2D eigenvalue weighted by molar-refractivity contribution is 5.94. The highest BCUT2D eigenvalue weighted by Crippen LogP contribution is 2.21. The number of aromatic nitrogens is 1. The quantitative estimate of drug-likeness (QED) is 0.611. The molecule has 2 aromatic rings. The number of hydrazine groups is 1. The molecule has 1 aromatic heterocycles. The first-order valence-corrected chi connectivity index (χ1v) is 7.56. The van der Waals surface area contributed by atoms with Gasteiger partial charge in [0.25, 0.3) is 5.69 Å². The van der Waals surface area contributed by atoms with Crippen LogP contribution in [0.1, 0.15) is 16.1 Å². The fourth-order valence-corrected chi connectivity index (χ4v) is 2.79. The first kappa shape index (κ1) is 16.9. The van der Waals surface area contributed by atoms with Crippen molar-refractivity contribution in [3.63, 3.8) is 0 Å². The first-order chi connectivity index (χ1) is 11.9. The number of nitro benzene ring substituents is 1. The third-order valence-electron chi connectivity index (χ3n) is 4.07. The maximum atomic E-state index is 12.5. The number of carboxylic acids is 1. The number of non-ortho nitro benzene ring substituents is 1. The Morgan fingerprint density at radius 1 is 1.36 bits per heavy atom. The van der Waals surface area contributed by atoms with Gasteiger partial charge in [-0.3, -0.25) is 20.4 Å². The highest BCUT2D eigenvalue weighted by atomic mass is 16.6. The fraction of sp³-hybridized carbons (Fsp3) is 0.333. The molecule has 1 aliphatic rings. The third-order valence-corrected chi connectivity index (χ3v) is 4.07. The second kappa shape index (κ2) is 6.49. The third kappa shape index (κ3) is 3.04. The van der Waals surface area contributed by atoms with Crippen molar-refractivity contribution in [1.82, 2.24) is 9.69 Å². The average Bonchev–Trinajstić information content (AvgIpc) is 2.59. The van der Waals surface area contributed by atoms with Crippen LogP contribution in [0.2, 0.25) is 0 Å². The summed E-state index contributed by atoms with van der Waals surface area (Å²) in [5.41, 5.74) is 2.20. The zero-order chi connectivity index (χ0) is 18.1. The van der Waals surface area contributed by atoms with E-state index in [4.69, 9.17) is 4.74 Å². The van der Waals surface area contributed by atoms with Gasteiger partial charge in [-0.25, -0.2) is 14.5 Å². The van der Waals surface area contributed by atoms with Gasteiger partial charge < -0.3 is 9.84 Å². The molecule has 1 aromatic carbocycles. The molecule has 132 valence electrons. The number of carbonyl (C=O) groups is 1. The minimum absolute atomic E-state index is 0.0297. The molecule has 0 amide bonds. The van der Waals surface area contributed by atoms with E-state index in [2.05, 4.69) is 5.53 Å². The zero-order valence-electron chi connectivity index (χ0n) is 13.4. The molecule has 0 spiro atoms. The zero-order valence-corrected chi connectivity index (χ0v) is 13.4. The van der Waals surface area contributed by atoms with Crippen LogP contribution in [0.25, 0.3) is 10.9 Å². The minimum Gasteiger partial charge on any atom is -0.477 e. The molecule has 0 bridgehead atoms. The van der Waals surface area contributed by atoms with Crippen molar-refractivity contribution in [2.45, 2.75) is 6.92 Å². The van der Waals surface area contributed by atoms with Gasteiger partial charge in [0.15, 0.2) is 0 Å². The molecule has 1 aliphatic heterocycles. The minimum atomic E-state index is -1.38. The fourth-order valence-electron chi connectivity index (χ4n) is 2.79. The van der Waals surface area contributed by atoms with Crippen molar-refractivity contribution in [2.24, 2.45) is 0 Å². The van der Waals surface area contributed by atoms with E-state index in [9.17, 15) is 24.8 Å². The lowest BCUT2D eigenvalue weighted by molar-refractivity contribution is -0.384. The highest BCUT2D eigenvalue weighted by Gasteiger charge is 2.22. The number of nitrogens with zero attached hydrogens (tertiary/aromatic N) is 3. The molecule has 0 saturated carbocycles.